The van der Waals surface area contributed by atoms with Crippen molar-refractivity contribution >= 4 is 23.1 Å². The molecule has 3 aromatic rings. The number of Topliss-reactive ketones (excluding diaryl/α,β-unsaturated/α-hetero) is 1. The second kappa shape index (κ2) is 7.28. The molecule has 0 saturated heterocycles. The van der Waals surface area contributed by atoms with E-state index in [0.29, 0.717) is 24.2 Å². The monoisotopic (exact) mass is 430 g/mol. The van der Waals surface area contributed by atoms with Crippen LogP contribution >= 0.6 is 0 Å². The van der Waals surface area contributed by atoms with Gasteiger partial charge in [0.25, 0.3) is 5.91 Å². The van der Waals surface area contributed by atoms with Gasteiger partial charge in [0.15, 0.2) is 11.4 Å². The number of fused-ring (bicyclic) bond motifs is 2. The van der Waals surface area contributed by atoms with Crippen LogP contribution in [0.3, 0.4) is 0 Å². The molecule has 162 valence electrons. The fourth-order valence-corrected chi connectivity index (χ4v) is 5.09. The van der Waals surface area contributed by atoms with Gasteiger partial charge < -0.3 is 10.4 Å². The van der Waals surface area contributed by atoms with Crippen LogP contribution in [0.15, 0.2) is 72.8 Å². The van der Waals surface area contributed by atoms with Crippen molar-refractivity contribution in [3.05, 3.63) is 95.3 Å². The third kappa shape index (κ3) is 2.72. The van der Waals surface area contributed by atoms with Gasteiger partial charge in [0.1, 0.15) is 5.82 Å². The zero-order valence-electron chi connectivity index (χ0n) is 17.6. The number of anilines is 2. The number of nitrogens with zero attached hydrogens (tertiary/aromatic N) is 1. The molecular weight excluding hydrogens is 407 g/mol. The summed E-state index contributed by atoms with van der Waals surface area (Å²) in [5.74, 6) is -1.86. The first-order valence-corrected chi connectivity index (χ1v) is 10.7. The maximum atomic E-state index is 14.2. The number of amides is 1. The van der Waals surface area contributed by atoms with Crippen LogP contribution in [0.25, 0.3) is 0 Å². The van der Waals surface area contributed by atoms with Crippen LogP contribution in [0.1, 0.15) is 41.3 Å². The van der Waals surface area contributed by atoms with Crippen molar-refractivity contribution in [1.29, 1.82) is 0 Å². The minimum Gasteiger partial charge on any atom is -0.382 e. The lowest BCUT2D eigenvalue weighted by Gasteiger charge is -2.39. The van der Waals surface area contributed by atoms with Crippen molar-refractivity contribution in [1.82, 2.24) is 0 Å². The number of para-hydroxylation sites is 2. The van der Waals surface area contributed by atoms with Gasteiger partial charge in [-0.05, 0) is 30.7 Å². The van der Waals surface area contributed by atoms with E-state index in [1.807, 2.05) is 31.2 Å². The highest BCUT2D eigenvalue weighted by molar-refractivity contribution is 6.12. The molecule has 0 fully saturated rings. The maximum absolute atomic E-state index is 14.2. The highest BCUT2D eigenvalue weighted by atomic mass is 19.1. The van der Waals surface area contributed by atoms with Crippen molar-refractivity contribution in [3.63, 3.8) is 0 Å². The lowest BCUT2D eigenvalue weighted by molar-refractivity contribution is -0.137. The Kier molecular flexibility index (Phi) is 4.64. The van der Waals surface area contributed by atoms with Crippen molar-refractivity contribution in [3.8, 4) is 0 Å². The number of carbonyl (C=O) groups is 2. The molecule has 2 atom stereocenters. The Morgan fingerprint density at radius 2 is 1.69 bits per heavy atom. The van der Waals surface area contributed by atoms with E-state index in [1.54, 1.807) is 35.2 Å². The van der Waals surface area contributed by atoms with Crippen molar-refractivity contribution < 1.29 is 19.1 Å². The van der Waals surface area contributed by atoms with Crippen LogP contribution in [-0.4, -0.2) is 23.3 Å². The number of hydrogen-bond donors (Lipinski definition) is 2. The molecule has 2 aliphatic rings. The van der Waals surface area contributed by atoms with Crippen LogP contribution in [0, 0.1) is 5.82 Å². The predicted octanol–water partition coefficient (Wildman–Crippen LogP) is 4.36. The molecule has 5 rings (SSSR count). The van der Waals surface area contributed by atoms with Gasteiger partial charge in [0.2, 0.25) is 0 Å². The van der Waals surface area contributed by atoms with Gasteiger partial charge in [-0.15, -0.1) is 0 Å². The van der Waals surface area contributed by atoms with E-state index in [0.717, 1.165) is 11.3 Å². The number of carbonyl (C=O) groups excluding carboxylic acids is 2. The Labute approximate surface area is 185 Å². The van der Waals surface area contributed by atoms with Crippen LogP contribution < -0.4 is 10.2 Å². The normalized spacial score (nSPS) is 23.6. The third-order valence-electron chi connectivity index (χ3n) is 6.75. The van der Waals surface area contributed by atoms with Crippen molar-refractivity contribution in [2.75, 3.05) is 16.8 Å². The molecule has 0 aliphatic carbocycles. The maximum Gasteiger partial charge on any atom is 0.265 e. The molecule has 1 amide bonds. The molecule has 0 saturated carbocycles. The van der Waals surface area contributed by atoms with E-state index in [2.05, 4.69) is 5.32 Å². The highest BCUT2D eigenvalue weighted by Gasteiger charge is 2.58. The lowest BCUT2D eigenvalue weighted by Crippen LogP contribution is -2.53. The van der Waals surface area contributed by atoms with Crippen LogP contribution in [-0.2, 0) is 15.9 Å². The van der Waals surface area contributed by atoms with Gasteiger partial charge in [-0.1, -0.05) is 55.5 Å². The number of benzene rings is 3. The second-order valence-electron chi connectivity index (χ2n) is 8.38. The molecule has 6 heteroatoms. The molecule has 2 aliphatic heterocycles. The molecular formula is C26H23FN2O3. The molecule has 2 N–H and O–H groups in total. The topological polar surface area (TPSA) is 69.6 Å². The predicted molar refractivity (Wildman–Crippen MR) is 120 cm³/mol. The Morgan fingerprint density at radius 3 is 2.44 bits per heavy atom. The summed E-state index contributed by atoms with van der Waals surface area (Å²) in [4.78, 5) is 28.5. The number of rotatable bonds is 5. The molecule has 0 radical (unpaired) electrons. The summed E-state index contributed by atoms with van der Waals surface area (Å²) in [6.45, 7) is 2.49. The number of aliphatic hydroxyl groups is 1. The SMILES string of the molecule is CCC1(N2C(=O)C(O)(CC(=O)c3ccccc3F)c3ccccc32)CNc2ccccc21. The number of hydrogen-bond acceptors (Lipinski definition) is 4. The minimum atomic E-state index is -2.07. The zero-order valence-corrected chi connectivity index (χ0v) is 17.6. The van der Waals surface area contributed by atoms with Crippen LogP contribution in [0.4, 0.5) is 15.8 Å². The summed E-state index contributed by atoms with van der Waals surface area (Å²) >= 11 is 0. The number of ketones is 1. The first kappa shape index (κ1) is 20.4. The van der Waals surface area contributed by atoms with E-state index >= 15 is 0 Å². The second-order valence-corrected chi connectivity index (χ2v) is 8.38. The quantitative estimate of drug-likeness (QED) is 0.590. The average molecular weight is 430 g/mol. The first-order valence-electron chi connectivity index (χ1n) is 10.7. The van der Waals surface area contributed by atoms with E-state index < -0.39 is 35.1 Å². The van der Waals surface area contributed by atoms with Gasteiger partial charge in [-0.2, -0.15) is 0 Å². The number of halogens is 1. The minimum absolute atomic E-state index is 0.136. The molecule has 5 nitrogen and oxygen atoms in total. The molecule has 0 bridgehead atoms. The highest BCUT2D eigenvalue weighted by Crippen LogP contribution is 2.52. The summed E-state index contributed by atoms with van der Waals surface area (Å²) in [7, 11) is 0. The lowest BCUT2D eigenvalue weighted by atomic mass is 9.86. The third-order valence-corrected chi connectivity index (χ3v) is 6.75. The molecule has 2 heterocycles. The average Bonchev–Trinajstić information content (AvgIpc) is 3.28. The Balaban J connectivity index is 1.62. The Hall–Kier alpha value is -3.51. The number of nitrogens with one attached hydrogen (secondary N) is 1. The van der Waals surface area contributed by atoms with E-state index in [4.69, 9.17) is 0 Å². The fraction of sp³-hybridized carbons (Fsp3) is 0.231. The first-order chi connectivity index (χ1) is 15.4. The molecule has 3 aromatic carbocycles. The van der Waals surface area contributed by atoms with Gasteiger partial charge in [-0.3, -0.25) is 14.5 Å². The molecule has 0 aromatic heterocycles. The smallest absolute Gasteiger partial charge is 0.265 e. The molecule has 2 unspecified atom stereocenters. The van der Waals surface area contributed by atoms with E-state index in [9.17, 15) is 19.1 Å². The van der Waals surface area contributed by atoms with Crippen LogP contribution in [0.5, 0.6) is 0 Å². The van der Waals surface area contributed by atoms with Crippen LogP contribution in [0.2, 0.25) is 0 Å². The summed E-state index contributed by atoms with van der Waals surface area (Å²) in [6.07, 6.45) is 0.0730. The standard InChI is InChI=1S/C26H23FN2O3/c1-2-25(16-28-21-13-7-4-10-18(21)25)29-22-14-8-5-11-19(22)26(32,24(29)31)15-23(30)17-9-3-6-12-20(17)27/h3-14,28,32H,2,15-16H2,1H3. The van der Waals surface area contributed by atoms with Gasteiger partial charge in [0.05, 0.1) is 23.2 Å². The summed E-state index contributed by atoms with van der Waals surface area (Å²) in [5, 5.41) is 15.0. The van der Waals surface area contributed by atoms with Gasteiger partial charge in [-0.25, -0.2) is 4.39 Å². The summed E-state index contributed by atoms with van der Waals surface area (Å²) in [6, 6.07) is 20.4. The largest absolute Gasteiger partial charge is 0.382 e. The van der Waals surface area contributed by atoms with Gasteiger partial charge in [0, 0.05) is 23.4 Å². The fourth-order valence-electron chi connectivity index (χ4n) is 5.09. The van der Waals surface area contributed by atoms with Gasteiger partial charge >= 0.3 is 0 Å². The molecule has 32 heavy (non-hydrogen) atoms. The molecule has 0 spiro atoms. The van der Waals surface area contributed by atoms with E-state index in [1.165, 1.54) is 18.2 Å². The van der Waals surface area contributed by atoms with Crippen molar-refractivity contribution in [2.24, 2.45) is 0 Å². The Morgan fingerprint density at radius 1 is 1.03 bits per heavy atom. The van der Waals surface area contributed by atoms with Crippen molar-refractivity contribution in [2.45, 2.75) is 30.9 Å². The summed E-state index contributed by atoms with van der Waals surface area (Å²) in [5.41, 5.74) is -0.0746. The van der Waals surface area contributed by atoms with E-state index in [-0.39, 0.29) is 5.56 Å². The zero-order chi connectivity index (χ0) is 22.5. The Bertz CT molecular complexity index is 1240. The summed E-state index contributed by atoms with van der Waals surface area (Å²) < 4.78 is 14.2.